The lowest BCUT2D eigenvalue weighted by atomic mass is 9.89. The Labute approximate surface area is 164 Å². The van der Waals surface area contributed by atoms with E-state index >= 15 is 0 Å². The molecular weight excluding hydrogens is 340 g/mol. The molecule has 6 nitrogen and oxygen atoms in total. The Morgan fingerprint density at radius 3 is 2.26 bits per heavy atom. The molecule has 0 aliphatic heterocycles. The van der Waals surface area contributed by atoms with E-state index in [0.29, 0.717) is 13.1 Å². The smallest absolute Gasteiger partial charge is 0.226 e. The molecule has 0 saturated heterocycles. The molecule has 0 aromatic heterocycles. The van der Waals surface area contributed by atoms with E-state index in [9.17, 15) is 4.79 Å². The van der Waals surface area contributed by atoms with E-state index in [1.54, 1.807) is 7.11 Å². The summed E-state index contributed by atoms with van der Waals surface area (Å²) in [7, 11) is 1.74. The maximum absolute atomic E-state index is 11.7. The molecule has 0 radical (unpaired) electrons. The van der Waals surface area contributed by atoms with Crippen molar-refractivity contribution in [3.8, 4) is 0 Å². The summed E-state index contributed by atoms with van der Waals surface area (Å²) in [5.74, 6) is 0.749. The van der Waals surface area contributed by atoms with E-state index in [0.717, 1.165) is 23.8 Å². The number of hydrogen-bond donors (Lipinski definition) is 3. The lowest BCUT2D eigenvalue weighted by Crippen LogP contribution is -2.45. The van der Waals surface area contributed by atoms with Crippen LogP contribution in [0.15, 0.2) is 29.3 Å². The Balaban J connectivity index is 2.68. The van der Waals surface area contributed by atoms with Crippen LogP contribution in [-0.2, 0) is 16.1 Å². The first-order chi connectivity index (χ1) is 12.7. The van der Waals surface area contributed by atoms with E-state index in [1.807, 2.05) is 45.0 Å². The third-order valence-corrected chi connectivity index (χ3v) is 4.22. The quantitative estimate of drug-likeness (QED) is 0.480. The molecule has 1 aromatic rings. The zero-order valence-electron chi connectivity index (χ0n) is 17.8. The number of benzene rings is 1. The second-order valence-corrected chi connectivity index (χ2v) is 8.01. The number of anilines is 1. The molecule has 0 aliphatic carbocycles. The number of amides is 1. The van der Waals surface area contributed by atoms with Crippen LogP contribution in [0.3, 0.4) is 0 Å². The number of hydrogen-bond acceptors (Lipinski definition) is 3. The first-order valence-electron chi connectivity index (χ1n) is 9.62. The minimum atomic E-state index is -0.0351. The molecule has 1 aromatic carbocycles. The molecule has 0 bridgehead atoms. The molecule has 1 atom stereocenters. The molecule has 3 N–H and O–H groups in total. The Hall–Kier alpha value is -2.08. The van der Waals surface area contributed by atoms with Crippen LogP contribution in [0.4, 0.5) is 5.69 Å². The van der Waals surface area contributed by atoms with Crippen LogP contribution < -0.4 is 16.0 Å². The third-order valence-electron chi connectivity index (χ3n) is 4.22. The first-order valence-corrected chi connectivity index (χ1v) is 9.62. The number of rotatable bonds is 8. The van der Waals surface area contributed by atoms with E-state index in [1.165, 1.54) is 0 Å². The number of carbonyl (C=O) groups excluding carboxylic acids is 1. The van der Waals surface area contributed by atoms with Crippen molar-refractivity contribution in [2.45, 2.75) is 54.2 Å². The van der Waals surface area contributed by atoms with E-state index in [4.69, 9.17) is 4.74 Å². The van der Waals surface area contributed by atoms with Crippen LogP contribution in [0.2, 0.25) is 0 Å². The average Bonchev–Trinajstić information content (AvgIpc) is 2.60. The van der Waals surface area contributed by atoms with E-state index < -0.39 is 0 Å². The highest BCUT2D eigenvalue weighted by Gasteiger charge is 2.24. The van der Waals surface area contributed by atoms with Crippen LogP contribution in [0.1, 0.15) is 47.1 Å². The lowest BCUT2D eigenvalue weighted by molar-refractivity contribution is -0.118. The van der Waals surface area contributed by atoms with Gasteiger partial charge in [-0.1, -0.05) is 46.8 Å². The van der Waals surface area contributed by atoms with Crippen LogP contribution in [0, 0.1) is 11.3 Å². The number of ether oxygens (including phenoxy) is 1. The van der Waals surface area contributed by atoms with Crippen LogP contribution in [0.25, 0.3) is 0 Å². The molecule has 0 heterocycles. The second-order valence-electron chi connectivity index (χ2n) is 8.01. The SMILES string of the molecule is CCNC(=NCc1ccc(NC(=O)C(C)C)cc1)NCC(OC)C(C)(C)C. The highest BCUT2D eigenvalue weighted by molar-refractivity contribution is 5.92. The normalized spacial score (nSPS) is 13.4. The molecule has 27 heavy (non-hydrogen) atoms. The van der Waals surface area contributed by atoms with Crippen molar-refractivity contribution < 1.29 is 9.53 Å². The van der Waals surface area contributed by atoms with Crippen molar-refractivity contribution in [2.24, 2.45) is 16.3 Å². The molecule has 1 rings (SSSR count). The van der Waals surface area contributed by atoms with E-state index in [2.05, 4.69) is 41.7 Å². The summed E-state index contributed by atoms with van der Waals surface area (Å²) in [5.41, 5.74) is 1.93. The summed E-state index contributed by atoms with van der Waals surface area (Å²) in [4.78, 5) is 16.4. The van der Waals surface area contributed by atoms with Crippen molar-refractivity contribution in [1.82, 2.24) is 10.6 Å². The molecule has 0 aliphatic rings. The Morgan fingerprint density at radius 2 is 1.78 bits per heavy atom. The monoisotopic (exact) mass is 376 g/mol. The summed E-state index contributed by atoms with van der Waals surface area (Å²) >= 11 is 0. The summed E-state index contributed by atoms with van der Waals surface area (Å²) in [6, 6.07) is 7.78. The van der Waals surface area contributed by atoms with Crippen LogP contribution in [0.5, 0.6) is 0 Å². The zero-order valence-corrected chi connectivity index (χ0v) is 17.8. The molecule has 0 saturated carbocycles. The van der Waals surface area contributed by atoms with Crippen LogP contribution >= 0.6 is 0 Å². The first kappa shape index (κ1) is 23.0. The van der Waals surface area contributed by atoms with Gasteiger partial charge in [0, 0.05) is 31.8 Å². The van der Waals surface area contributed by atoms with Gasteiger partial charge in [0.2, 0.25) is 5.91 Å². The third kappa shape index (κ3) is 8.43. The fourth-order valence-corrected chi connectivity index (χ4v) is 2.42. The number of aliphatic imine (C=N–C) groups is 1. The summed E-state index contributed by atoms with van der Waals surface area (Å²) in [6.07, 6.45) is 0.0882. The van der Waals surface area contributed by atoms with Crippen molar-refractivity contribution in [3.63, 3.8) is 0 Å². The van der Waals surface area contributed by atoms with Gasteiger partial charge in [0.15, 0.2) is 5.96 Å². The van der Waals surface area contributed by atoms with Gasteiger partial charge < -0.3 is 20.7 Å². The van der Waals surface area contributed by atoms with Crippen molar-refractivity contribution in [1.29, 1.82) is 0 Å². The largest absolute Gasteiger partial charge is 0.379 e. The molecule has 0 spiro atoms. The molecule has 1 amide bonds. The van der Waals surface area contributed by atoms with Crippen molar-refractivity contribution in [3.05, 3.63) is 29.8 Å². The Bertz CT molecular complexity index is 604. The number of nitrogens with one attached hydrogen (secondary N) is 3. The molecule has 1 unspecified atom stereocenters. The highest BCUT2D eigenvalue weighted by Crippen LogP contribution is 2.20. The zero-order chi connectivity index (χ0) is 20.4. The maximum Gasteiger partial charge on any atom is 0.226 e. The van der Waals surface area contributed by atoms with Gasteiger partial charge in [-0.25, -0.2) is 4.99 Å². The van der Waals surface area contributed by atoms with Crippen LogP contribution in [-0.4, -0.2) is 38.2 Å². The minimum Gasteiger partial charge on any atom is -0.379 e. The van der Waals surface area contributed by atoms with E-state index in [-0.39, 0.29) is 23.3 Å². The summed E-state index contributed by atoms with van der Waals surface area (Å²) < 4.78 is 5.59. The summed E-state index contributed by atoms with van der Waals surface area (Å²) in [6.45, 7) is 14.3. The van der Waals surface area contributed by atoms with Gasteiger partial charge in [-0.3, -0.25) is 4.79 Å². The summed E-state index contributed by atoms with van der Waals surface area (Å²) in [5, 5.41) is 9.51. The molecular formula is C21H36N4O2. The number of nitrogens with zero attached hydrogens (tertiary/aromatic N) is 1. The fraction of sp³-hybridized carbons (Fsp3) is 0.619. The van der Waals surface area contributed by atoms with Crippen molar-refractivity contribution in [2.75, 3.05) is 25.5 Å². The van der Waals surface area contributed by atoms with Gasteiger partial charge in [-0.2, -0.15) is 0 Å². The molecule has 152 valence electrons. The fourth-order valence-electron chi connectivity index (χ4n) is 2.42. The topological polar surface area (TPSA) is 74.8 Å². The van der Waals surface area contributed by atoms with Gasteiger partial charge >= 0.3 is 0 Å². The molecule has 6 heteroatoms. The average molecular weight is 377 g/mol. The number of carbonyl (C=O) groups is 1. The van der Waals surface area contributed by atoms with Gasteiger partial charge in [-0.15, -0.1) is 0 Å². The van der Waals surface area contributed by atoms with Gasteiger partial charge in [-0.05, 0) is 30.0 Å². The Kier molecular flexibility index (Phi) is 9.29. The maximum atomic E-state index is 11.7. The Morgan fingerprint density at radius 1 is 1.15 bits per heavy atom. The molecule has 0 fully saturated rings. The number of guanidine groups is 1. The van der Waals surface area contributed by atoms with Gasteiger partial charge in [0.1, 0.15) is 0 Å². The van der Waals surface area contributed by atoms with Crippen molar-refractivity contribution >= 4 is 17.6 Å². The second kappa shape index (κ2) is 10.9. The lowest BCUT2D eigenvalue weighted by Gasteiger charge is -2.30. The van der Waals surface area contributed by atoms with Gasteiger partial charge in [0.25, 0.3) is 0 Å². The standard InChI is InChI=1S/C21H36N4O2/c1-8-22-20(24-14-18(27-7)21(4,5)6)23-13-16-9-11-17(12-10-16)25-19(26)15(2)3/h9-12,15,18H,8,13-14H2,1-7H3,(H,25,26)(H2,22,23,24). The number of methoxy groups -OCH3 is 1. The predicted molar refractivity (Wildman–Crippen MR) is 113 cm³/mol. The van der Waals surface area contributed by atoms with Gasteiger partial charge in [0.05, 0.1) is 12.6 Å². The highest BCUT2D eigenvalue weighted by atomic mass is 16.5. The predicted octanol–water partition coefficient (Wildman–Crippen LogP) is 3.40. The minimum absolute atomic E-state index is 0.0194.